The van der Waals surface area contributed by atoms with E-state index in [2.05, 4.69) is 5.32 Å². The highest BCUT2D eigenvalue weighted by Crippen LogP contribution is 2.23. The van der Waals surface area contributed by atoms with Crippen LogP contribution < -0.4 is 5.32 Å². The fourth-order valence-electron chi connectivity index (χ4n) is 2.43. The van der Waals surface area contributed by atoms with Crippen LogP contribution in [0.4, 0.5) is 8.78 Å². The molecule has 1 saturated heterocycles. The van der Waals surface area contributed by atoms with Gasteiger partial charge >= 0.3 is 0 Å². The fraction of sp³-hybridized carbons (Fsp3) is 0.538. The molecule has 0 aliphatic carbocycles. The lowest BCUT2D eigenvalue weighted by Gasteiger charge is -2.32. The summed E-state index contributed by atoms with van der Waals surface area (Å²) in [4.78, 5) is -0.588. The van der Waals surface area contributed by atoms with Crippen molar-refractivity contribution in [1.29, 1.82) is 0 Å². The molecule has 0 saturated carbocycles. The first-order valence-electron chi connectivity index (χ1n) is 6.63. The summed E-state index contributed by atoms with van der Waals surface area (Å²) in [6.07, 6.45) is 1.58. The van der Waals surface area contributed by atoms with Crippen molar-refractivity contribution in [2.45, 2.75) is 30.7 Å². The molecule has 0 bridgehead atoms. The lowest BCUT2D eigenvalue weighted by atomic mass is 10.1. The minimum atomic E-state index is -3.99. The van der Waals surface area contributed by atoms with Crippen LogP contribution in [0.1, 0.15) is 19.8 Å². The van der Waals surface area contributed by atoms with Gasteiger partial charge in [-0.2, -0.15) is 4.31 Å². The van der Waals surface area contributed by atoms with Crippen molar-refractivity contribution in [3.05, 3.63) is 29.8 Å². The topological polar surface area (TPSA) is 49.4 Å². The van der Waals surface area contributed by atoms with Crippen LogP contribution in [0, 0.1) is 11.6 Å². The predicted octanol–water partition coefficient (Wildman–Crippen LogP) is 1.73. The monoisotopic (exact) mass is 304 g/mol. The van der Waals surface area contributed by atoms with Crippen LogP contribution in [0.25, 0.3) is 0 Å². The molecule has 0 spiro atoms. The number of nitrogens with zero attached hydrogens (tertiary/aromatic N) is 1. The van der Waals surface area contributed by atoms with E-state index in [9.17, 15) is 17.2 Å². The summed E-state index contributed by atoms with van der Waals surface area (Å²) >= 11 is 0. The molecule has 1 aromatic carbocycles. The molecular weight excluding hydrogens is 286 g/mol. The molecule has 1 heterocycles. The molecule has 0 radical (unpaired) electrons. The first kappa shape index (κ1) is 15.3. The molecule has 2 rings (SSSR count). The second-order valence-electron chi connectivity index (χ2n) is 4.83. The zero-order chi connectivity index (χ0) is 14.8. The first-order valence-corrected chi connectivity index (χ1v) is 8.07. The van der Waals surface area contributed by atoms with Crippen molar-refractivity contribution < 1.29 is 17.2 Å². The van der Waals surface area contributed by atoms with Gasteiger partial charge in [0.2, 0.25) is 10.0 Å². The number of sulfonamides is 1. The Kier molecular flexibility index (Phi) is 4.72. The Labute approximate surface area is 117 Å². The van der Waals surface area contributed by atoms with E-state index < -0.39 is 26.6 Å². The average molecular weight is 304 g/mol. The van der Waals surface area contributed by atoms with Gasteiger partial charge in [0, 0.05) is 19.1 Å². The molecule has 1 atom stereocenters. The summed E-state index contributed by atoms with van der Waals surface area (Å²) in [6.45, 7) is 3.30. The molecule has 7 heteroatoms. The summed E-state index contributed by atoms with van der Waals surface area (Å²) < 4.78 is 52.9. The molecule has 0 aromatic heterocycles. The number of likely N-dealkylation sites (N-methyl/N-ethyl adjacent to an activating group) is 1. The van der Waals surface area contributed by atoms with E-state index >= 15 is 0 Å². The van der Waals surface area contributed by atoms with Crippen molar-refractivity contribution in [2.75, 3.05) is 19.6 Å². The maximum Gasteiger partial charge on any atom is 0.246 e. The molecule has 1 N–H and O–H groups in total. The number of piperidine rings is 1. The smallest absolute Gasteiger partial charge is 0.246 e. The molecule has 4 nitrogen and oxygen atoms in total. The van der Waals surface area contributed by atoms with Crippen LogP contribution in [0.3, 0.4) is 0 Å². The van der Waals surface area contributed by atoms with Gasteiger partial charge in [0.25, 0.3) is 0 Å². The number of hydrogen-bond donors (Lipinski definition) is 1. The highest BCUT2D eigenvalue weighted by atomic mass is 32.2. The lowest BCUT2D eigenvalue weighted by molar-refractivity contribution is 0.285. The summed E-state index contributed by atoms with van der Waals surface area (Å²) in [7, 11) is -3.99. The van der Waals surface area contributed by atoms with Crippen molar-refractivity contribution in [2.24, 2.45) is 0 Å². The van der Waals surface area contributed by atoms with Gasteiger partial charge in [-0.1, -0.05) is 6.92 Å². The predicted molar refractivity (Wildman–Crippen MR) is 71.8 cm³/mol. The maximum absolute atomic E-state index is 13.7. The molecule has 1 aliphatic rings. The third-order valence-corrected chi connectivity index (χ3v) is 5.27. The lowest BCUT2D eigenvalue weighted by Crippen LogP contribution is -2.48. The van der Waals surface area contributed by atoms with E-state index in [4.69, 9.17) is 0 Å². The largest absolute Gasteiger partial charge is 0.313 e. The van der Waals surface area contributed by atoms with Crippen molar-refractivity contribution >= 4 is 10.0 Å². The Bertz CT molecular complexity index is 576. The van der Waals surface area contributed by atoms with E-state index in [0.717, 1.165) is 31.2 Å². The number of benzene rings is 1. The molecule has 1 aromatic rings. The highest BCUT2D eigenvalue weighted by Gasteiger charge is 2.32. The Balaban J connectivity index is 2.27. The first-order chi connectivity index (χ1) is 9.45. The quantitative estimate of drug-likeness (QED) is 0.921. The van der Waals surface area contributed by atoms with Gasteiger partial charge < -0.3 is 5.32 Å². The van der Waals surface area contributed by atoms with E-state index in [0.29, 0.717) is 13.0 Å². The molecule has 1 aliphatic heterocycles. The van der Waals surface area contributed by atoms with Crippen LogP contribution in [0.15, 0.2) is 23.1 Å². The van der Waals surface area contributed by atoms with Gasteiger partial charge in [0.1, 0.15) is 16.5 Å². The molecule has 1 fully saturated rings. The van der Waals surface area contributed by atoms with Gasteiger partial charge in [-0.05, 0) is 37.6 Å². The second kappa shape index (κ2) is 6.15. The Morgan fingerprint density at radius 1 is 1.40 bits per heavy atom. The Morgan fingerprint density at radius 3 is 2.85 bits per heavy atom. The van der Waals surface area contributed by atoms with Crippen LogP contribution in [-0.2, 0) is 10.0 Å². The standard InChI is InChI=1S/C13H18F2N2O2S/c1-2-16-11-4-3-7-17(9-11)20(18,19)13-8-10(14)5-6-12(13)15/h5-6,8,11,16H,2-4,7,9H2,1H3. The van der Waals surface area contributed by atoms with E-state index in [1.54, 1.807) is 0 Å². The van der Waals surface area contributed by atoms with Crippen LogP contribution in [0.5, 0.6) is 0 Å². The zero-order valence-corrected chi connectivity index (χ0v) is 12.1. The number of nitrogens with one attached hydrogen (secondary N) is 1. The van der Waals surface area contributed by atoms with Gasteiger partial charge in [-0.25, -0.2) is 17.2 Å². The van der Waals surface area contributed by atoms with E-state index in [-0.39, 0.29) is 12.6 Å². The maximum atomic E-state index is 13.7. The Morgan fingerprint density at radius 2 is 2.15 bits per heavy atom. The van der Waals surface area contributed by atoms with Crippen LogP contribution in [0.2, 0.25) is 0 Å². The SMILES string of the molecule is CCNC1CCCN(S(=O)(=O)c2cc(F)ccc2F)C1. The van der Waals surface area contributed by atoms with Gasteiger partial charge in [-0.3, -0.25) is 0 Å². The fourth-order valence-corrected chi connectivity index (χ4v) is 4.03. The van der Waals surface area contributed by atoms with Crippen LogP contribution in [-0.4, -0.2) is 38.4 Å². The molecular formula is C13H18F2N2O2S. The molecule has 20 heavy (non-hydrogen) atoms. The third-order valence-electron chi connectivity index (χ3n) is 3.39. The van der Waals surface area contributed by atoms with Crippen molar-refractivity contribution in [3.63, 3.8) is 0 Å². The van der Waals surface area contributed by atoms with E-state index in [1.165, 1.54) is 4.31 Å². The van der Waals surface area contributed by atoms with Gasteiger partial charge in [0.15, 0.2) is 0 Å². The van der Waals surface area contributed by atoms with Crippen molar-refractivity contribution in [1.82, 2.24) is 9.62 Å². The minimum absolute atomic E-state index is 0.0557. The number of halogens is 2. The third kappa shape index (κ3) is 3.16. The molecule has 0 amide bonds. The summed E-state index contributed by atoms with van der Waals surface area (Å²) in [5.74, 6) is -1.68. The summed E-state index contributed by atoms with van der Waals surface area (Å²) in [5, 5.41) is 3.19. The van der Waals surface area contributed by atoms with Crippen molar-refractivity contribution in [3.8, 4) is 0 Å². The Hall–Kier alpha value is -1.05. The molecule has 112 valence electrons. The van der Waals surface area contributed by atoms with Gasteiger partial charge in [0.05, 0.1) is 0 Å². The highest BCUT2D eigenvalue weighted by molar-refractivity contribution is 7.89. The second-order valence-corrected chi connectivity index (χ2v) is 6.74. The average Bonchev–Trinajstić information content (AvgIpc) is 2.42. The molecule has 1 unspecified atom stereocenters. The number of rotatable bonds is 4. The summed E-state index contributed by atoms with van der Waals surface area (Å²) in [5.41, 5.74) is 0. The van der Waals surface area contributed by atoms with Crippen LogP contribution >= 0.6 is 0 Å². The zero-order valence-electron chi connectivity index (χ0n) is 11.3. The number of hydrogen-bond acceptors (Lipinski definition) is 3. The summed E-state index contributed by atoms with van der Waals surface area (Å²) in [6, 6.07) is 2.54. The van der Waals surface area contributed by atoms with Gasteiger partial charge in [-0.15, -0.1) is 0 Å². The normalized spacial score (nSPS) is 21.1. The minimum Gasteiger partial charge on any atom is -0.313 e. The van der Waals surface area contributed by atoms with E-state index in [1.807, 2.05) is 6.92 Å².